The predicted octanol–water partition coefficient (Wildman–Crippen LogP) is 2.28. The Balaban J connectivity index is 2.07. The third kappa shape index (κ3) is 3.56. The van der Waals surface area contributed by atoms with Gasteiger partial charge in [0.05, 0.1) is 0 Å². The zero-order chi connectivity index (χ0) is 21.6. The largest absolute Gasteiger partial charge is 0.462 e. The Morgan fingerprint density at radius 2 is 2.00 bits per heavy atom. The lowest BCUT2D eigenvalue weighted by molar-refractivity contribution is -0.172. The van der Waals surface area contributed by atoms with E-state index in [0.717, 1.165) is 12.5 Å². The first-order valence-electron chi connectivity index (χ1n) is 9.76. The molecular weight excluding hydrogens is 396 g/mol. The van der Waals surface area contributed by atoms with Crippen LogP contribution in [0.4, 0.5) is 0 Å². The van der Waals surface area contributed by atoms with Crippen LogP contribution in [0.25, 0.3) is 0 Å². The van der Waals surface area contributed by atoms with Gasteiger partial charge >= 0.3 is 17.9 Å². The summed E-state index contributed by atoms with van der Waals surface area (Å²) in [4.78, 5) is 37.2. The molecule has 0 N–H and O–H groups in total. The van der Waals surface area contributed by atoms with Gasteiger partial charge in [-0.15, -0.1) is 0 Å². The van der Waals surface area contributed by atoms with E-state index in [-0.39, 0.29) is 18.4 Å². The van der Waals surface area contributed by atoms with Gasteiger partial charge in [-0.25, -0.2) is 4.79 Å². The lowest BCUT2D eigenvalue weighted by Crippen LogP contribution is -2.50. The lowest BCUT2D eigenvalue weighted by Gasteiger charge is -2.46. The number of esters is 3. The van der Waals surface area contributed by atoms with Crippen molar-refractivity contribution in [2.75, 3.05) is 12.9 Å². The second-order valence-corrected chi connectivity index (χ2v) is 9.91. The van der Waals surface area contributed by atoms with E-state index in [0.29, 0.717) is 18.4 Å². The molecule has 0 aromatic rings. The minimum Gasteiger partial charge on any atom is -0.462 e. The summed E-state index contributed by atoms with van der Waals surface area (Å²) in [5.74, 6) is -1.71. The van der Waals surface area contributed by atoms with Gasteiger partial charge in [0.1, 0.15) is 24.2 Å². The molecule has 29 heavy (non-hydrogen) atoms. The van der Waals surface area contributed by atoms with Gasteiger partial charge in [0, 0.05) is 41.4 Å². The van der Waals surface area contributed by atoms with E-state index >= 15 is 0 Å². The first kappa shape index (κ1) is 21.7. The molecule has 2 aliphatic carbocycles. The van der Waals surface area contributed by atoms with E-state index < -0.39 is 51.7 Å². The van der Waals surface area contributed by atoms with Crippen LogP contribution in [-0.4, -0.2) is 47.2 Å². The topological polar surface area (TPSA) is 96.0 Å². The maximum absolute atomic E-state index is 12.9. The van der Waals surface area contributed by atoms with Crippen LogP contribution in [0.1, 0.15) is 40.0 Å². The third-order valence-electron chi connectivity index (χ3n) is 6.97. The molecule has 0 aromatic carbocycles. The van der Waals surface area contributed by atoms with Gasteiger partial charge in [-0.1, -0.05) is 20.4 Å². The number of hydrogen-bond donors (Lipinski definition) is 0. The minimum absolute atomic E-state index is 0.0805. The SMILES string of the molecule is C=C1COC(=O)[C@]12C[C@@]1(C)[C@H]([C@@H](OC(C)=O)CC[C@@H]1C)[C@H]2OC(=O)/C=C/S(C)=O. The van der Waals surface area contributed by atoms with Crippen LogP contribution < -0.4 is 0 Å². The first-order chi connectivity index (χ1) is 13.5. The maximum atomic E-state index is 12.9. The van der Waals surface area contributed by atoms with Crippen molar-refractivity contribution in [1.82, 2.24) is 0 Å². The van der Waals surface area contributed by atoms with Gasteiger partial charge in [-0.05, 0) is 36.2 Å². The van der Waals surface area contributed by atoms with Gasteiger partial charge in [0.25, 0.3) is 0 Å². The number of carbonyl (C=O) groups is 3. The molecule has 1 aliphatic heterocycles. The summed E-state index contributed by atoms with van der Waals surface area (Å²) in [5.41, 5.74) is -0.995. The molecule has 0 amide bonds. The van der Waals surface area contributed by atoms with Crippen molar-refractivity contribution >= 4 is 28.7 Å². The van der Waals surface area contributed by atoms with Crippen LogP contribution >= 0.6 is 0 Å². The standard InChI is InChI=1S/C21H28O7S/c1-12-6-7-15(27-14(3)22)17-18(28-16(23)8-9-29(5)25)21(11-20(12,17)4)13(2)10-26-19(21)24/h8-9,12,15,17-18H,2,6-7,10-11H2,1,3-5H3/b9-8+/t12-,15-,17+,18+,20+,21+,29?/m0/s1. The smallest absolute Gasteiger partial charge is 0.331 e. The predicted molar refractivity (Wildman–Crippen MR) is 106 cm³/mol. The maximum Gasteiger partial charge on any atom is 0.331 e. The Bertz CT molecular complexity index is 785. The zero-order valence-electron chi connectivity index (χ0n) is 17.3. The minimum atomic E-state index is -1.31. The summed E-state index contributed by atoms with van der Waals surface area (Å²) in [6, 6.07) is 0. The summed E-state index contributed by atoms with van der Waals surface area (Å²) in [5, 5.41) is 1.23. The molecule has 0 radical (unpaired) electrons. The summed E-state index contributed by atoms with van der Waals surface area (Å²) in [6.45, 7) is 9.66. The molecule has 3 fully saturated rings. The highest BCUT2D eigenvalue weighted by atomic mass is 32.2. The monoisotopic (exact) mass is 424 g/mol. The van der Waals surface area contributed by atoms with Gasteiger partial charge in [-0.2, -0.15) is 0 Å². The van der Waals surface area contributed by atoms with Crippen LogP contribution in [0, 0.1) is 22.7 Å². The number of cyclic esters (lactones) is 1. The van der Waals surface area contributed by atoms with Crippen molar-refractivity contribution in [2.24, 2.45) is 22.7 Å². The molecule has 1 saturated heterocycles. The van der Waals surface area contributed by atoms with Gasteiger partial charge in [-0.3, -0.25) is 13.8 Å². The Kier molecular flexibility index (Phi) is 5.77. The average Bonchev–Trinajstić information content (AvgIpc) is 3.06. The fourth-order valence-corrected chi connectivity index (χ4v) is 5.72. The number of rotatable bonds is 4. The fourth-order valence-electron chi connectivity index (χ4n) is 5.42. The first-order valence-corrected chi connectivity index (χ1v) is 11.4. The Hall–Kier alpha value is -1.96. The molecule has 2 saturated carbocycles. The van der Waals surface area contributed by atoms with Crippen molar-refractivity contribution in [1.29, 1.82) is 0 Å². The van der Waals surface area contributed by atoms with E-state index in [2.05, 4.69) is 20.4 Å². The molecule has 1 heterocycles. The normalized spacial score (nSPS) is 40.0. The molecular formula is C21H28O7S. The van der Waals surface area contributed by atoms with E-state index in [9.17, 15) is 18.6 Å². The van der Waals surface area contributed by atoms with Crippen LogP contribution in [0.15, 0.2) is 23.6 Å². The summed E-state index contributed by atoms with van der Waals surface area (Å²) in [7, 11) is -1.31. The van der Waals surface area contributed by atoms with Crippen molar-refractivity contribution in [3.05, 3.63) is 23.6 Å². The number of carbonyl (C=O) groups excluding carboxylic acids is 3. The molecule has 8 heteroatoms. The summed E-state index contributed by atoms with van der Waals surface area (Å²) < 4.78 is 28.1. The van der Waals surface area contributed by atoms with Gasteiger partial charge in [0.2, 0.25) is 0 Å². The Labute approximate surface area is 173 Å². The highest BCUT2D eigenvalue weighted by Gasteiger charge is 2.71. The van der Waals surface area contributed by atoms with E-state index in [4.69, 9.17) is 14.2 Å². The average molecular weight is 425 g/mol. The Morgan fingerprint density at radius 1 is 1.31 bits per heavy atom. The number of hydrogen-bond acceptors (Lipinski definition) is 7. The fraction of sp³-hybridized carbons (Fsp3) is 0.667. The van der Waals surface area contributed by atoms with Crippen LogP contribution in [-0.2, 0) is 39.4 Å². The molecule has 3 aliphatic rings. The molecule has 1 spiro atoms. The van der Waals surface area contributed by atoms with E-state index in [1.165, 1.54) is 18.6 Å². The van der Waals surface area contributed by atoms with Crippen molar-refractivity contribution < 1.29 is 32.8 Å². The molecule has 7 nitrogen and oxygen atoms in total. The highest BCUT2D eigenvalue weighted by Crippen LogP contribution is 2.66. The van der Waals surface area contributed by atoms with Crippen molar-refractivity contribution in [3.63, 3.8) is 0 Å². The lowest BCUT2D eigenvalue weighted by atomic mass is 9.61. The molecule has 3 rings (SSSR count). The zero-order valence-corrected chi connectivity index (χ0v) is 18.1. The van der Waals surface area contributed by atoms with Crippen molar-refractivity contribution in [2.45, 2.75) is 52.2 Å². The molecule has 7 atom stereocenters. The van der Waals surface area contributed by atoms with Crippen LogP contribution in [0.3, 0.4) is 0 Å². The molecule has 0 aromatic heterocycles. The van der Waals surface area contributed by atoms with Gasteiger partial charge in [0.15, 0.2) is 0 Å². The second-order valence-electron chi connectivity index (χ2n) is 8.64. The molecule has 1 unspecified atom stereocenters. The summed E-state index contributed by atoms with van der Waals surface area (Å²) in [6.07, 6.45) is 3.08. The van der Waals surface area contributed by atoms with Crippen molar-refractivity contribution in [3.8, 4) is 0 Å². The van der Waals surface area contributed by atoms with Crippen LogP contribution in [0.2, 0.25) is 0 Å². The number of ether oxygens (including phenoxy) is 3. The quantitative estimate of drug-likeness (QED) is 0.296. The molecule has 160 valence electrons. The van der Waals surface area contributed by atoms with E-state index in [1.807, 2.05) is 0 Å². The summed E-state index contributed by atoms with van der Waals surface area (Å²) >= 11 is 0. The number of fused-ring (bicyclic) bond motifs is 1. The molecule has 0 bridgehead atoms. The second kappa shape index (κ2) is 7.70. The van der Waals surface area contributed by atoms with Gasteiger partial charge < -0.3 is 14.2 Å². The highest BCUT2D eigenvalue weighted by molar-refractivity contribution is 7.87. The Morgan fingerprint density at radius 3 is 2.55 bits per heavy atom. The van der Waals surface area contributed by atoms with Crippen LogP contribution in [0.5, 0.6) is 0 Å². The van der Waals surface area contributed by atoms with E-state index in [1.54, 1.807) is 0 Å². The third-order valence-corrected chi connectivity index (χ3v) is 7.49.